The molecule has 2 aromatic rings. The molecule has 1 atom stereocenters. The van der Waals surface area contributed by atoms with Crippen molar-refractivity contribution >= 4 is 11.3 Å². The Balaban J connectivity index is 2.01. The Morgan fingerprint density at radius 1 is 1.12 bits per heavy atom. The minimum absolute atomic E-state index is 0.134. The first-order chi connectivity index (χ1) is 8.34. The van der Waals surface area contributed by atoms with Gasteiger partial charge in [0.2, 0.25) is 0 Å². The molecule has 1 aliphatic rings. The molecule has 0 amide bonds. The molecule has 1 nitrogen and oxygen atoms in total. The molecule has 1 N–H and O–H groups in total. The number of likely N-dealkylation sites (N-methyl/N-ethyl adjacent to an activating group) is 1. The number of fused-ring (bicyclic) bond motifs is 1. The van der Waals surface area contributed by atoms with Gasteiger partial charge in [-0.15, -0.1) is 0 Å². The molecule has 17 heavy (non-hydrogen) atoms. The van der Waals surface area contributed by atoms with Crippen molar-refractivity contribution in [1.29, 1.82) is 0 Å². The van der Waals surface area contributed by atoms with E-state index < -0.39 is 0 Å². The molecule has 0 saturated heterocycles. The first-order valence-electron chi connectivity index (χ1n) is 6.12. The average Bonchev–Trinajstić information content (AvgIpc) is 2.86. The quantitative estimate of drug-likeness (QED) is 0.853. The summed E-state index contributed by atoms with van der Waals surface area (Å²) in [5.74, 6) is 0. The summed E-state index contributed by atoms with van der Waals surface area (Å²) in [6.07, 6.45) is 3.50. The van der Waals surface area contributed by atoms with E-state index in [1.807, 2.05) is 11.3 Å². The van der Waals surface area contributed by atoms with Crippen LogP contribution in [-0.2, 0) is 18.4 Å². The monoisotopic (exact) mass is 243 g/mol. The first kappa shape index (κ1) is 11.0. The molecule has 0 saturated carbocycles. The topological polar surface area (TPSA) is 12.0 Å². The molecular formula is C15H17NS. The third-order valence-corrected chi connectivity index (χ3v) is 4.79. The van der Waals surface area contributed by atoms with Gasteiger partial charge in [0.15, 0.2) is 0 Å². The second kappa shape index (κ2) is 4.28. The van der Waals surface area contributed by atoms with Gasteiger partial charge in [0.25, 0.3) is 0 Å². The van der Waals surface area contributed by atoms with E-state index in [4.69, 9.17) is 0 Å². The van der Waals surface area contributed by atoms with E-state index in [1.165, 1.54) is 24.0 Å². The van der Waals surface area contributed by atoms with E-state index in [9.17, 15) is 0 Å². The summed E-state index contributed by atoms with van der Waals surface area (Å²) in [4.78, 5) is 0. The highest BCUT2D eigenvalue weighted by atomic mass is 32.1. The molecular weight excluding hydrogens is 226 g/mol. The van der Waals surface area contributed by atoms with Gasteiger partial charge in [-0.25, -0.2) is 0 Å². The van der Waals surface area contributed by atoms with Gasteiger partial charge in [-0.3, -0.25) is 0 Å². The van der Waals surface area contributed by atoms with Crippen LogP contribution in [-0.4, -0.2) is 7.05 Å². The molecule has 0 radical (unpaired) electrons. The Hall–Kier alpha value is -1.12. The van der Waals surface area contributed by atoms with Gasteiger partial charge in [-0.05, 0) is 53.8 Å². The zero-order valence-electron chi connectivity index (χ0n) is 10.1. The van der Waals surface area contributed by atoms with E-state index >= 15 is 0 Å². The molecule has 2 heteroatoms. The SMILES string of the molecule is CNC1(c2ccccc2)CCc2cscc2C1. The molecule has 3 rings (SSSR count). The average molecular weight is 243 g/mol. The van der Waals surface area contributed by atoms with Crippen molar-refractivity contribution < 1.29 is 0 Å². The summed E-state index contributed by atoms with van der Waals surface area (Å²) < 4.78 is 0. The van der Waals surface area contributed by atoms with Crippen molar-refractivity contribution in [2.75, 3.05) is 7.05 Å². The summed E-state index contributed by atoms with van der Waals surface area (Å²) >= 11 is 1.83. The molecule has 0 bridgehead atoms. The van der Waals surface area contributed by atoms with Gasteiger partial charge < -0.3 is 5.32 Å². The summed E-state index contributed by atoms with van der Waals surface area (Å²) in [5.41, 5.74) is 4.63. The van der Waals surface area contributed by atoms with E-state index in [0.29, 0.717) is 0 Å². The van der Waals surface area contributed by atoms with Gasteiger partial charge >= 0.3 is 0 Å². The lowest BCUT2D eigenvalue weighted by molar-refractivity contribution is 0.315. The van der Waals surface area contributed by atoms with Crippen molar-refractivity contribution in [1.82, 2.24) is 5.32 Å². The summed E-state index contributed by atoms with van der Waals surface area (Å²) in [7, 11) is 2.09. The van der Waals surface area contributed by atoms with Crippen molar-refractivity contribution in [3.05, 3.63) is 57.8 Å². The highest BCUT2D eigenvalue weighted by Crippen LogP contribution is 2.37. The van der Waals surface area contributed by atoms with Crippen LogP contribution in [0.1, 0.15) is 23.1 Å². The lowest BCUT2D eigenvalue weighted by Crippen LogP contribution is -2.44. The summed E-state index contributed by atoms with van der Waals surface area (Å²) in [5, 5.41) is 8.18. The predicted octanol–water partition coefficient (Wildman–Crippen LogP) is 3.35. The molecule has 1 heterocycles. The molecule has 1 aromatic carbocycles. The fourth-order valence-electron chi connectivity index (χ4n) is 2.85. The Morgan fingerprint density at radius 3 is 2.65 bits per heavy atom. The van der Waals surface area contributed by atoms with Crippen LogP contribution in [0.2, 0.25) is 0 Å². The standard InChI is InChI=1S/C15H17NS/c1-16-15(14-5-3-2-4-6-14)8-7-12-10-17-11-13(12)9-15/h2-6,10-11,16H,7-9H2,1H3. The first-order valence-corrected chi connectivity index (χ1v) is 7.07. The predicted molar refractivity (Wildman–Crippen MR) is 73.5 cm³/mol. The van der Waals surface area contributed by atoms with Crippen LogP contribution in [0.15, 0.2) is 41.1 Å². The number of hydrogen-bond acceptors (Lipinski definition) is 2. The van der Waals surface area contributed by atoms with Gasteiger partial charge in [0, 0.05) is 5.54 Å². The summed E-state index contributed by atoms with van der Waals surface area (Å²) in [6, 6.07) is 10.8. The Morgan fingerprint density at radius 2 is 1.88 bits per heavy atom. The molecule has 0 spiro atoms. The second-order valence-electron chi connectivity index (χ2n) is 4.80. The molecule has 1 unspecified atom stereocenters. The number of benzene rings is 1. The van der Waals surface area contributed by atoms with Gasteiger partial charge in [0.1, 0.15) is 0 Å². The molecule has 1 aliphatic carbocycles. The van der Waals surface area contributed by atoms with E-state index in [1.54, 1.807) is 5.56 Å². The Kier molecular flexibility index (Phi) is 2.77. The normalized spacial score (nSPS) is 23.4. The third-order valence-electron chi connectivity index (χ3n) is 3.95. The number of aryl methyl sites for hydroxylation is 1. The van der Waals surface area contributed by atoms with Gasteiger partial charge in [-0.2, -0.15) is 11.3 Å². The molecule has 1 aromatic heterocycles. The van der Waals surface area contributed by atoms with Gasteiger partial charge in [-0.1, -0.05) is 30.3 Å². The van der Waals surface area contributed by atoms with E-state index in [2.05, 4.69) is 53.5 Å². The van der Waals surface area contributed by atoms with Crippen LogP contribution >= 0.6 is 11.3 Å². The van der Waals surface area contributed by atoms with Crippen molar-refractivity contribution in [2.45, 2.75) is 24.8 Å². The number of thiophene rings is 1. The van der Waals surface area contributed by atoms with Crippen molar-refractivity contribution in [3.63, 3.8) is 0 Å². The number of hydrogen-bond donors (Lipinski definition) is 1. The van der Waals surface area contributed by atoms with Crippen LogP contribution in [0.4, 0.5) is 0 Å². The van der Waals surface area contributed by atoms with Crippen molar-refractivity contribution in [2.24, 2.45) is 0 Å². The van der Waals surface area contributed by atoms with Crippen LogP contribution < -0.4 is 5.32 Å². The van der Waals surface area contributed by atoms with Crippen molar-refractivity contribution in [3.8, 4) is 0 Å². The fraction of sp³-hybridized carbons (Fsp3) is 0.333. The maximum absolute atomic E-state index is 3.57. The van der Waals surface area contributed by atoms with Crippen LogP contribution in [0, 0.1) is 0 Å². The molecule has 0 fully saturated rings. The zero-order chi connectivity index (χ0) is 11.7. The highest BCUT2D eigenvalue weighted by molar-refractivity contribution is 7.08. The van der Waals surface area contributed by atoms with E-state index in [-0.39, 0.29) is 5.54 Å². The maximum Gasteiger partial charge on any atom is 0.0476 e. The smallest absolute Gasteiger partial charge is 0.0476 e. The van der Waals surface area contributed by atoms with Crippen LogP contribution in [0.5, 0.6) is 0 Å². The Bertz CT molecular complexity index is 503. The summed E-state index contributed by atoms with van der Waals surface area (Å²) in [6.45, 7) is 0. The zero-order valence-corrected chi connectivity index (χ0v) is 10.9. The molecule has 0 aliphatic heterocycles. The largest absolute Gasteiger partial charge is 0.310 e. The van der Waals surface area contributed by atoms with Gasteiger partial charge in [0.05, 0.1) is 0 Å². The fourth-order valence-corrected chi connectivity index (χ4v) is 3.75. The second-order valence-corrected chi connectivity index (χ2v) is 5.54. The maximum atomic E-state index is 3.57. The van der Waals surface area contributed by atoms with E-state index in [0.717, 1.165) is 6.42 Å². The minimum atomic E-state index is 0.134. The third kappa shape index (κ3) is 1.81. The molecule has 88 valence electrons. The lowest BCUT2D eigenvalue weighted by Gasteiger charge is -2.37. The minimum Gasteiger partial charge on any atom is -0.310 e. The highest BCUT2D eigenvalue weighted by Gasteiger charge is 2.34. The lowest BCUT2D eigenvalue weighted by atomic mass is 9.75. The number of nitrogens with one attached hydrogen (secondary N) is 1. The van der Waals surface area contributed by atoms with Crippen LogP contribution in [0.25, 0.3) is 0 Å². The van der Waals surface area contributed by atoms with Crippen LogP contribution in [0.3, 0.4) is 0 Å². The number of rotatable bonds is 2. The Labute approximate surface area is 106 Å².